The van der Waals surface area contributed by atoms with E-state index in [9.17, 15) is 4.21 Å². The molecule has 4 heteroatoms. The van der Waals surface area contributed by atoms with Crippen molar-refractivity contribution in [3.63, 3.8) is 0 Å². The smallest absolute Gasteiger partial charge is 0.0871 e. The molecule has 0 saturated carbocycles. The summed E-state index contributed by atoms with van der Waals surface area (Å²) in [5.41, 5.74) is 0. The van der Waals surface area contributed by atoms with E-state index < -0.39 is 10.8 Å². The fourth-order valence-corrected chi connectivity index (χ4v) is 1.32. The molecule has 2 atom stereocenters. The van der Waals surface area contributed by atoms with Crippen molar-refractivity contribution in [2.45, 2.75) is 11.1 Å². The second-order valence-electron chi connectivity index (χ2n) is 1.35. The lowest BCUT2D eigenvalue weighted by Crippen LogP contribution is -2.09. The van der Waals surface area contributed by atoms with E-state index in [0.29, 0.717) is 5.75 Å². The average molecular weight is 201 g/mol. The van der Waals surface area contributed by atoms with E-state index in [1.807, 2.05) is 0 Å². The fourth-order valence-electron chi connectivity index (χ4n) is 0.252. The van der Waals surface area contributed by atoms with Gasteiger partial charge in [-0.05, 0) is 6.92 Å². The van der Waals surface area contributed by atoms with E-state index in [-0.39, 0.29) is 10.8 Å². The lowest BCUT2D eigenvalue weighted by Gasteiger charge is -1.98. The molecule has 8 heavy (non-hydrogen) atoms. The Morgan fingerprint density at radius 1 is 1.88 bits per heavy atom. The highest BCUT2D eigenvalue weighted by molar-refractivity contribution is 9.11. The van der Waals surface area contributed by atoms with Crippen LogP contribution in [0.3, 0.4) is 0 Å². The van der Waals surface area contributed by atoms with E-state index in [0.717, 1.165) is 0 Å². The Morgan fingerprint density at radius 2 is 2.38 bits per heavy atom. The molecule has 0 bridgehead atoms. The summed E-state index contributed by atoms with van der Waals surface area (Å²) in [4.78, 5) is 0. The van der Waals surface area contributed by atoms with Gasteiger partial charge in [0, 0.05) is 16.6 Å². The predicted octanol–water partition coefficient (Wildman–Crippen LogP) is 0.468. The second kappa shape index (κ2) is 4.47. The van der Waals surface area contributed by atoms with Crippen LogP contribution in [0.15, 0.2) is 0 Å². The van der Waals surface area contributed by atoms with Crippen molar-refractivity contribution >= 4 is 26.7 Å². The van der Waals surface area contributed by atoms with Gasteiger partial charge in [-0.3, -0.25) is 4.21 Å². The Morgan fingerprint density at radius 3 is 2.50 bits per heavy atom. The van der Waals surface area contributed by atoms with Crippen LogP contribution in [-0.2, 0) is 10.8 Å². The maximum atomic E-state index is 10.6. The van der Waals surface area contributed by atoms with Gasteiger partial charge in [0.15, 0.2) is 0 Å². The average Bonchev–Trinajstić information content (AvgIpc) is 1.67. The number of rotatable bonds is 3. The highest BCUT2D eigenvalue weighted by Crippen LogP contribution is 2.02. The van der Waals surface area contributed by atoms with E-state index in [1.165, 1.54) is 0 Å². The predicted molar refractivity (Wildman–Crippen MR) is 38.5 cm³/mol. The second-order valence-corrected chi connectivity index (χ2v) is 5.21. The number of hydrogen-bond donors (Lipinski definition) is 1. The minimum absolute atomic E-state index is 0.00253. The first-order chi connectivity index (χ1) is 3.68. The minimum atomic E-state index is -0.905. The molecule has 1 N–H and O–H groups in total. The molecular formula is C4H9BrO2S. The van der Waals surface area contributed by atoms with E-state index in [1.54, 1.807) is 6.92 Å². The summed E-state index contributed by atoms with van der Waals surface area (Å²) < 4.78 is 10.6. The van der Waals surface area contributed by atoms with Gasteiger partial charge in [0.25, 0.3) is 0 Å². The number of halogens is 1. The van der Waals surface area contributed by atoms with Crippen LogP contribution in [0.2, 0.25) is 0 Å². The normalized spacial score (nSPS) is 17.9. The van der Waals surface area contributed by atoms with Crippen molar-refractivity contribution in [3.8, 4) is 0 Å². The molecule has 0 saturated heterocycles. The standard InChI is InChI=1S/C4H9BrO2S/c1-4(5)8(7)3-2-6/h4,6H,2-3H2,1H3. The van der Waals surface area contributed by atoms with Crippen LogP contribution in [-0.4, -0.2) is 25.8 Å². The van der Waals surface area contributed by atoms with Crippen LogP contribution in [0, 0.1) is 0 Å². The molecule has 0 heterocycles. The van der Waals surface area contributed by atoms with Gasteiger partial charge in [-0.1, -0.05) is 15.9 Å². The van der Waals surface area contributed by atoms with Crippen molar-refractivity contribution in [2.75, 3.05) is 12.4 Å². The van der Waals surface area contributed by atoms with Crippen LogP contribution in [0.1, 0.15) is 6.92 Å². The first-order valence-corrected chi connectivity index (χ1v) is 4.60. The number of hydrogen-bond acceptors (Lipinski definition) is 2. The quantitative estimate of drug-likeness (QED) is 0.674. The molecule has 0 aromatic rings. The van der Waals surface area contributed by atoms with Crippen molar-refractivity contribution in [1.82, 2.24) is 0 Å². The van der Waals surface area contributed by atoms with Crippen LogP contribution in [0.5, 0.6) is 0 Å². The van der Waals surface area contributed by atoms with Crippen LogP contribution in [0.25, 0.3) is 0 Å². The molecule has 0 fully saturated rings. The molecule has 0 aliphatic rings. The highest BCUT2D eigenvalue weighted by Gasteiger charge is 2.03. The molecule has 0 aromatic carbocycles. The molecule has 2 nitrogen and oxygen atoms in total. The molecular weight excluding hydrogens is 192 g/mol. The Bertz CT molecular complexity index is 84.1. The molecule has 50 valence electrons. The summed E-state index contributed by atoms with van der Waals surface area (Å²) in [5.74, 6) is 0.367. The zero-order valence-corrected chi connectivity index (χ0v) is 7.04. The fraction of sp³-hybridized carbons (Fsp3) is 1.00. The summed E-state index contributed by atoms with van der Waals surface area (Å²) in [6, 6.07) is 0. The molecule has 0 amide bonds. The van der Waals surface area contributed by atoms with Crippen molar-refractivity contribution in [2.24, 2.45) is 0 Å². The summed E-state index contributed by atoms with van der Waals surface area (Å²) >= 11 is 3.13. The number of aliphatic hydroxyl groups is 1. The molecule has 0 rings (SSSR count). The number of alkyl halides is 1. The van der Waals surface area contributed by atoms with Gasteiger partial charge < -0.3 is 5.11 Å². The topological polar surface area (TPSA) is 37.3 Å². The van der Waals surface area contributed by atoms with E-state index >= 15 is 0 Å². The molecule has 0 radical (unpaired) electrons. The van der Waals surface area contributed by atoms with Gasteiger partial charge in [0.2, 0.25) is 0 Å². The Balaban J connectivity index is 3.33. The van der Waals surface area contributed by atoms with E-state index in [2.05, 4.69) is 15.9 Å². The van der Waals surface area contributed by atoms with Crippen molar-refractivity contribution in [3.05, 3.63) is 0 Å². The summed E-state index contributed by atoms with van der Waals surface area (Å²) in [5, 5.41) is 8.27. The van der Waals surface area contributed by atoms with Crippen molar-refractivity contribution < 1.29 is 9.32 Å². The lowest BCUT2D eigenvalue weighted by molar-refractivity contribution is 0.321. The maximum absolute atomic E-state index is 10.6. The van der Waals surface area contributed by atoms with Gasteiger partial charge in [-0.2, -0.15) is 0 Å². The van der Waals surface area contributed by atoms with Crippen molar-refractivity contribution in [1.29, 1.82) is 0 Å². The zero-order valence-electron chi connectivity index (χ0n) is 4.63. The first-order valence-electron chi connectivity index (χ1n) is 2.30. The maximum Gasteiger partial charge on any atom is 0.0871 e. The van der Waals surface area contributed by atoms with E-state index in [4.69, 9.17) is 5.11 Å². The SMILES string of the molecule is CC(Br)S(=O)CCO. The van der Waals surface area contributed by atoms with Gasteiger partial charge in [-0.25, -0.2) is 0 Å². The third-order valence-electron chi connectivity index (χ3n) is 0.655. The van der Waals surface area contributed by atoms with Gasteiger partial charge in [-0.15, -0.1) is 0 Å². The first kappa shape index (κ1) is 8.59. The summed E-state index contributed by atoms with van der Waals surface area (Å²) in [7, 11) is -0.905. The molecule has 0 aliphatic carbocycles. The molecule has 0 aromatic heterocycles. The minimum Gasteiger partial charge on any atom is -0.395 e. The molecule has 0 spiro atoms. The zero-order chi connectivity index (χ0) is 6.57. The van der Waals surface area contributed by atoms with Gasteiger partial charge in [0.1, 0.15) is 0 Å². The van der Waals surface area contributed by atoms with Crippen LogP contribution < -0.4 is 0 Å². The van der Waals surface area contributed by atoms with Crippen LogP contribution in [0.4, 0.5) is 0 Å². The third kappa shape index (κ3) is 3.57. The van der Waals surface area contributed by atoms with Gasteiger partial charge >= 0.3 is 0 Å². The lowest BCUT2D eigenvalue weighted by atomic mass is 10.9. The Hall–Kier alpha value is 0.590. The number of aliphatic hydroxyl groups excluding tert-OH is 1. The molecule has 2 unspecified atom stereocenters. The molecule has 0 aliphatic heterocycles. The summed E-state index contributed by atoms with van der Waals surface area (Å²) in [6.45, 7) is 1.80. The Labute approximate surface area is 59.9 Å². The largest absolute Gasteiger partial charge is 0.395 e. The highest BCUT2D eigenvalue weighted by atomic mass is 79.9. The van der Waals surface area contributed by atoms with Crippen LogP contribution >= 0.6 is 15.9 Å². The monoisotopic (exact) mass is 200 g/mol. The third-order valence-corrected chi connectivity index (χ3v) is 3.22. The Kier molecular flexibility index (Phi) is 4.80. The summed E-state index contributed by atoms with van der Waals surface area (Å²) in [6.07, 6.45) is 0. The van der Waals surface area contributed by atoms with Gasteiger partial charge in [0.05, 0.1) is 10.8 Å².